The Bertz CT molecular complexity index is 1180. The van der Waals surface area contributed by atoms with Crippen molar-refractivity contribution in [3.05, 3.63) is 83.4 Å². The summed E-state index contributed by atoms with van der Waals surface area (Å²) < 4.78 is 17.3. The number of methoxy groups -OCH3 is 1. The third-order valence-corrected chi connectivity index (χ3v) is 7.08. The Balaban J connectivity index is 1.33. The Labute approximate surface area is 222 Å². The van der Waals surface area contributed by atoms with E-state index in [1.807, 2.05) is 60.7 Å². The maximum absolute atomic E-state index is 13.2. The summed E-state index contributed by atoms with van der Waals surface area (Å²) >= 11 is 5.97. The van der Waals surface area contributed by atoms with Crippen molar-refractivity contribution in [2.45, 2.75) is 25.0 Å². The van der Waals surface area contributed by atoms with Gasteiger partial charge in [0.05, 0.1) is 7.11 Å². The number of halogens is 1. The van der Waals surface area contributed by atoms with Gasteiger partial charge in [-0.2, -0.15) is 0 Å². The number of carbonyl (C=O) groups is 1. The van der Waals surface area contributed by atoms with Gasteiger partial charge in [-0.1, -0.05) is 23.7 Å². The molecule has 0 radical (unpaired) electrons. The van der Waals surface area contributed by atoms with Crippen LogP contribution in [0.25, 0.3) is 0 Å². The van der Waals surface area contributed by atoms with Gasteiger partial charge in [0.25, 0.3) is 0 Å². The zero-order valence-electron chi connectivity index (χ0n) is 20.9. The SMILES string of the molecule is COc1cccc([C@H]2[C@H](CNCCN3CCCC3)OC(=O)N2c2ccc(Oc3ccc(Cl)cc3)cc2)c1. The van der Waals surface area contributed by atoms with Crippen LogP contribution in [0.1, 0.15) is 24.4 Å². The predicted molar refractivity (Wildman–Crippen MR) is 145 cm³/mol. The third kappa shape index (κ3) is 6.18. The standard InChI is InChI=1S/C29H32ClN3O4/c1-35-26-6-4-5-21(19-26)28-27(20-31-15-18-32-16-2-3-17-32)37-29(34)33(28)23-9-13-25(14-10-23)36-24-11-7-22(30)8-12-24/h4-14,19,27-28,31H,2-3,15-18,20H2,1H3/t27-,28-/m0/s1. The molecule has 0 aliphatic carbocycles. The lowest BCUT2D eigenvalue weighted by Gasteiger charge is -2.26. The van der Waals surface area contributed by atoms with Crippen LogP contribution in [0.2, 0.25) is 5.02 Å². The number of anilines is 1. The van der Waals surface area contributed by atoms with E-state index in [1.54, 1.807) is 24.1 Å². The lowest BCUT2D eigenvalue weighted by Crippen LogP contribution is -2.37. The van der Waals surface area contributed by atoms with Gasteiger partial charge in [-0.05, 0) is 92.2 Å². The second kappa shape index (κ2) is 11.9. The van der Waals surface area contributed by atoms with Gasteiger partial charge in [0.2, 0.25) is 0 Å². The average molecular weight is 522 g/mol. The fourth-order valence-electron chi connectivity index (χ4n) is 4.94. The fourth-order valence-corrected chi connectivity index (χ4v) is 5.07. The predicted octanol–water partition coefficient (Wildman–Crippen LogP) is 5.89. The number of ether oxygens (including phenoxy) is 3. The van der Waals surface area contributed by atoms with Crippen molar-refractivity contribution in [2.75, 3.05) is 44.7 Å². The Morgan fingerprint density at radius 3 is 2.38 bits per heavy atom. The number of carbonyl (C=O) groups excluding carboxylic acids is 1. The minimum absolute atomic E-state index is 0.301. The average Bonchev–Trinajstić information content (AvgIpc) is 3.56. The van der Waals surface area contributed by atoms with Crippen molar-refractivity contribution in [1.29, 1.82) is 0 Å². The zero-order chi connectivity index (χ0) is 25.6. The number of hydrogen-bond donors (Lipinski definition) is 1. The van der Waals surface area contributed by atoms with E-state index in [0.717, 1.165) is 43.2 Å². The molecule has 0 bridgehead atoms. The molecule has 2 heterocycles. The Kier molecular flexibility index (Phi) is 8.14. The topological polar surface area (TPSA) is 63.3 Å². The maximum Gasteiger partial charge on any atom is 0.415 e. The van der Waals surface area contributed by atoms with Gasteiger partial charge in [-0.15, -0.1) is 0 Å². The fraction of sp³-hybridized carbons (Fsp3) is 0.345. The molecule has 0 unspecified atom stereocenters. The molecule has 0 spiro atoms. The van der Waals surface area contributed by atoms with E-state index in [9.17, 15) is 4.79 Å². The number of cyclic esters (lactones) is 1. The number of hydrogen-bond acceptors (Lipinski definition) is 6. The van der Waals surface area contributed by atoms with Crippen molar-refractivity contribution in [3.63, 3.8) is 0 Å². The van der Waals surface area contributed by atoms with Gasteiger partial charge in [0, 0.05) is 30.3 Å². The molecule has 194 valence electrons. The van der Waals surface area contributed by atoms with Gasteiger partial charge in [0.1, 0.15) is 29.4 Å². The molecule has 7 nitrogen and oxygen atoms in total. The summed E-state index contributed by atoms with van der Waals surface area (Å²) in [5.41, 5.74) is 1.69. The summed E-state index contributed by atoms with van der Waals surface area (Å²) in [6.07, 6.45) is 1.83. The molecule has 5 rings (SSSR count). The van der Waals surface area contributed by atoms with Crippen molar-refractivity contribution in [1.82, 2.24) is 10.2 Å². The number of rotatable bonds is 10. The van der Waals surface area contributed by atoms with E-state index in [-0.39, 0.29) is 18.2 Å². The molecule has 2 atom stereocenters. The van der Waals surface area contributed by atoms with Crippen LogP contribution in [-0.4, -0.2) is 56.9 Å². The first-order chi connectivity index (χ1) is 18.1. The van der Waals surface area contributed by atoms with Crippen LogP contribution in [0.5, 0.6) is 17.2 Å². The van der Waals surface area contributed by atoms with E-state index in [0.29, 0.717) is 23.1 Å². The summed E-state index contributed by atoms with van der Waals surface area (Å²) in [6, 6.07) is 22.2. The second-order valence-electron chi connectivity index (χ2n) is 9.32. The first-order valence-electron chi connectivity index (χ1n) is 12.7. The van der Waals surface area contributed by atoms with Crippen molar-refractivity contribution < 1.29 is 19.0 Å². The maximum atomic E-state index is 13.2. The molecule has 8 heteroatoms. The minimum atomic E-state index is -0.370. The molecular weight excluding hydrogens is 490 g/mol. The van der Waals surface area contributed by atoms with E-state index < -0.39 is 0 Å². The van der Waals surface area contributed by atoms with Crippen molar-refractivity contribution in [3.8, 4) is 17.2 Å². The molecule has 0 aromatic heterocycles. The summed E-state index contributed by atoms with van der Waals surface area (Å²) in [7, 11) is 1.64. The van der Waals surface area contributed by atoms with E-state index in [4.69, 9.17) is 25.8 Å². The molecular formula is C29H32ClN3O4. The summed E-state index contributed by atoms with van der Waals surface area (Å²) in [6.45, 7) is 4.75. The summed E-state index contributed by atoms with van der Waals surface area (Å²) in [4.78, 5) is 17.3. The summed E-state index contributed by atoms with van der Waals surface area (Å²) in [5, 5.41) is 4.16. The van der Waals surface area contributed by atoms with Crippen LogP contribution in [-0.2, 0) is 4.74 Å². The molecule has 37 heavy (non-hydrogen) atoms. The number of amides is 1. The highest BCUT2D eigenvalue weighted by molar-refractivity contribution is 6.30. The molecule has 2 aliphatic rings. The minimum Gasteiger partial charge on any atom is -0.497 e. The Morgan fingerprint density at radius 1 is 0.973 bits per heavy atom. The molecule has 1 N–H and O–H groups in total. The van der Waals surface area contributed by atoms with Gasteiger partial charge in [-0.3, -0.25) is 4.90 Å². The number of nitrogens with one attached hydrogen (secondary N) is 1. The van der Waals surface area contributed by atoms with Crippen LogP contribution in [0, 0.1) is 0 Å². The molecule has 3 aromatic rings. The Hall–Kier alpha value is -3.26. The van der Waals surface area contributed by atoms with Crippen LogP contribution >= 0.6 is 11.6 Å². The lowest BCUT2D eigenvalue weighted by atomic mass is 9.99. The third-order valence-electron chi connectivity index (χ3n) is 6.83. The van der Waals surface area contributed by atoms with Crippen LogP contribution in [0.4, 0.5) is 10.5 Å². The van der Waals surface area contributed by atoms with Crippen molar-refractivity contribution >= 4 is 23.4 Å². The van der Waals surface area contributed by atoms with Gasteiger partial charge in [0.15, 0.2) is 0 Å². The first kappa shape index (κ1) is 25.4. The summed E-state index contributed by atoms with van der Waals surface area (Å²) in [5.74, 6) is 2.09. The molecule has 0 saturated carbocycles. The Morgan fingerprint density at radius 2 is 1.68 bits per heavy atom. The molecule has 3 aromatic carbocycles. The van der Waals surface area contributed by atoms with E-state index in [1.165, 1.54) is 12.8 Å². The number of likely N-dealkylation sites (tertiary alicyclic amines) is 1. The van der Waals surface area contributed by atoms with E-state index >= 15 is 0 Å². The normalized spacial score (nSPS) is 19.7. The van der Waals surface area contributed by atoms with Crippen LogP contribution in [0.3, 0.4) is 0 Å². The molecule has 2 fully saturated rings. The smallest absolute Gasteiger partial charge is 0.415 e. The van der Waals surface area contributed by atoms with Gasteiger partial charge >= 0.3 is 6.09 Å². The highest BCUT2D eigenvalue weighted by Crippen LogP contribution is 2.39. The highest BCUT2D eigenvalue weighted by atomic mass is 35.5. The van der Waals surface area contributed by atoms with Crippen molar-refractivity contribution in [2.24, 2.45) is 0 Å². The highest BCUT2D eigenvalue weighted by Gasteiger charge is 2.43. The second-order valence-corrected chi connectivity index (χ2v) is 9.75. The first-order valence-corrected chi connectivity index (χ1v) is 13.1. The van der Waals surface area contributed by atoms with Gasteiger partial charge in [-0.25, -0.2) is 4.79 Å². The zero-order valence-corrected chi connectivity index (χ0v) is 21.7. The van der Waals surface area contributed by atoms with Crippen LogP contribution < -0.4 is 19.7 Å². The van der Waals surface area contributed by atoms with Crippen LogP contribution in [0.15, 0.2) is 72.8 Å². The number of nitrogens with zero attached hydrogens (tertiary/aromatic N) is 2. The quantitative estimate of drug-likeness (QED) is 0.335. The van der Waals surface area contributed by atoms with E-state index in [2.05, 4.69) is 10.2 Å². The molecule has 1 amide bonds. The molecule has 2 saturated heterocycles. The number of benzene rings is 3. The lowest BCUT2D eigenvalue weighted by molar-refractivity contribution is 0.130. The molecule has 2 aliphatic heterocycles. The monoisotopic (exact) mass is 521 g/mol. The van der Waals surface area contributed by atoms with Gasteiger partial charge < -0.3 is 24.4 Å². The largest absolute Gasteiger partial charge is 0.497 e.